The molecule has 2 aromatic rings. The van der Waals surface area contributed by atoms with Crippen molar-refractivity contribution >= 4 is 17.3 Å². The highest BCUT2D eigenvalue weighted by molar-refractivity contribution is 6.01. The minimum absolute atomic E-state index is 0.0665. The van der Waals surface area contributed by atoms with Crippen molar-refractivity contribution in [2.75, 3.05) is 18.9 Å². The van der Waals surface area contributed by atoms with Gasteiger partial charge in [-0.05, 0) is 18.1 Å². The van der Waals surface area contributed by atoms with Crippen LogP contribution in [0.15, 0.2) is 42.5 Å². The molecule has 0 heterocycles. The van der Waals surface area contributed by atoms with Crippen molar-refractivity contribution < 1.29 is 19.2 Å². The SMILES string of the molecule is Nc1c(C(=O)NCC(CCO)c2ccccc2)cc(F)cc1[N+](=O)[O-]. The largest absolute Gasteiger partial charge is 0.396 e. The van der Waals surface area contributed by atoms with Crippen molar-refractivity contribution in [3.05, 3.63) is 69.5 Å². The second-order valence-corrected chi connectivity index (χ2v) is 5.47. The quantitative estimate of drug-likeness (QED) is 0.403. The van der Waals surface area contributed by atoms with Crippen molar-refractivity contribution in [1.29, 1.82) is 0 Å². The average Bonchev–Trinajstić information content (AvgIpc) is 2.60. The number of nitrogens with two attached hydrogens (primary N) is 1. The third-order valence-electron chi connectivity index (χ3n) is 3.82. The molecule has 132 valence electrons. The number of benzene rings is 2. The van der Waals surface area contributed by atoms with Crippen molar-refractivity contribution in [2.45, 2.75) is 12.3 Å². The molecule has 0 bridgehead atoms. The van der Waals surface area contributed by atoms with Gasteiger partial charge >= 0.3 is 0 Å². The van der Waals surface area contributed by atoms with Crippen LogP contribution in [0.1, 0.15) is 28.3 Å². The highest BCUT2D eigenvalue weighted by Crippen LogP contribution is 2.27. The van der Waals surface area contributed by atoms with Crippen molar-refractivity contribution in [1.82, 2.24) is 5.32 Å². The fourth-order valence-corrected chi connectivity index (χ4v) is 2.52. The normalized spacial score (nSPS) is 11.8. The van der Waals surface area contributed by atoms with Crippen LogP contribution in [0.4, 0.5) is 15.8 Å². The zero-order valence-electron chi connectivity index (χ0n) is 13.3. The third-order valence-corrected chi connectivity index (χ3v) is 3.82. The van der Waals surface area contributed by atoms with Crippen LogP contribution in [-0.4, -0.2) is 29.1 Å². The fraction of sp³-hybridized carbons (Fsp3) is 0.235. The summed E-state index contributed by atoms with van der Waals surface area (Å²) in [5, 5.41) is 22.7. The van der Waals surface area contributed by atoms with E-state index in [4.69, 9.17) is 5.73 Å². The molecule has 25 heavy (non-hydrogen) atoms. The van der Waals surface area contributed by atoms with Gasteiger partial charge in [0.05, 0.1) is 16.6 Å². The molecule has 0 spiro atoms. The Morgan fingerprint density at radius 3 is 2.60 bits per heavy atom. The van der Waals surface area contributed by atoms with E-state index in [0.29, 0.717) is 12.5 Å². The van der Waals surface area contributed by atoms with Gasteiger partial charge in [0.25, 0.3) is 11.6 Å². The maximum absolute atomic E-state index is 13.5. The zero-order valence-corrected chi connectivity index (χ0v) is 13.3. The molecule has 1 atom stereocenters. The molecule has 0 fully saturated rings. The molecule has 2 aromatic carbocycles. The highest BCUT2D eigenvalue weighted by Gasteiger charge is 2.22. The Labute approximate surface area is 143 Å². The predicted octanol–water partition coefficient (Wildman–Crippen LogP) is 2.21. The second kappa shape index (κ2) is 8.20. The average molecular weight is 347 g/mol. The molecule has 1 amide bonds. The van der Waals surface area contributed by atoms with Gasteiger partial charge in [0, 0.05) is 19.1 Å². The summed E-state index contributed by atoms with van der Waals surface area (Å²) in [5.41, 5.74) is 5.22. The summed E-state index contributed by atoms with van der Waals surface area (Å²) in [6.45, 7) is 0.107. The van der Waals surface area contributed by atoms with Gasteiger partial charge in [-0.1, -0.05) is 30.3 Å². The van der Waals surface area contributed by atoms with Gasteiger partial charge in [0.2, 0.25) is 0 Å². The van der Waals surface area contributed by atoms with Crippen LogP contribution >= 0.6 is 0 Å². The van der Waals surface area contributed by atoms with Gasteiger partial charge in [0.15, 0.2) is 0 Å². The smallest absolute Gasteiger partial charge is 0.295 e. The molecule has 0 aliphatic heterocycles. The summed E-state index contributed by atoms with van der Waals surface area (Å²) >= 11 is 0. The van der Waals surface area contributed by atoms with E-state index in [1.165, 1.54) is 0 Å². The summed E-state index contributed by atoms with van der Waals surface area (Å²) in [4.78, 5) is 22.3. The van der Waals surface area contributed by atoms with Gasteiger partial charge in [-0.15, -0.1) is 0 Å². The summed E-state index contributed by atoms with van der Waals surface area (Å²) in [7, 11) is 0. The van der Waals surface area contributed by atoms with Gasteiger partial charge in [0.1, 0.15) is 11.5 Å². The predicted molar refractivity (Wildman–Crippen MR) is 90.7 cm³/mol. The number of amides is 1. The molecule has 2 rings (SSSR count). The molecule has 8 heteroatoms. The molecule has 0 radical (unpaired) electrons. The molecule has 0 aromatic heterocycles. The van der Waals surface area contributed by atoms with Crippen LogP contribution in [0.25, 0.3) is 0 Å². The molecule has 1 unspecified atom stereocenters. The van der Waals surface area contributed by atoms with Crippen LogP contribution in [0.2, 0.25) is 0 Å². The maximum atomic E-state index is 13.5. The lowest BCUT2D eigenvalue weighted by Gasteiger charge is -2.17. The number of carbonyl (C=O) groups excluding carboxylic acids is 1. The number of anilines is 1. The van der Waals surface area contributed by atoms with E-state index in [0.717, 1.165) is 11.6 Å². The van der Waals surface area contributed by atoms with Crippen LogP contribution in [-0.2, 0) is 0 Å². The topological polar surface area (TPSA) is 118 Å². The highest BCUT2D eigenvalue weighted by atomic mass is 19.1. The standard InChI is InChI=1S/C17H18FN3O4/c18-13-8-14(16(19)15(9-13)21(24)25)17(23)20-10-12(6-7-22)11-4-2-1-3-5-11/h1-5,8-9,12,22H,6-7,10,19H2,(H,20,23). The third kappa shape index (κ3) is 4.51. The number of hydrogen-bond acceptors (Lipinski definition) is 5. The molecule has 0 aliphatic rings. The van der Waals surface area contributed by atoms with Gasteiger partial charge in [-0.25, -0.2) is 4.39 Å². The van der Waals surface area contributed by atoms with Crippen molar-refractivity contribution in [3.63, 3.8) is 0 Å². The fourth-order valence-electron chi connectivity index (χ4n) is 2.52. The molecule has 4 N–H and O–H groups in total. The first kappa shape index (κ1) is 18.3. The first-order chi connectivity index (χ1) is 11.9. The van der Waals surface area contributed by atoms with Gasteiger partial charge < -0.3 is 16.2 Å². The Morgan fingerprint density at radius 2 is 2.00 bits per heavy atom. The van der Waals surface area contributed by atoms with Crippen LogP contribution < -0.4 is 11.1 Å². The number of nitro groups is 1. The number of rotatable bonds is 7. The Kier molecular flexibility index (Phi) is 6.02. The molecular formula is C17H18FN3O4. The number of aliphatic hydroxyl groups is 1. The van der Waals surface area contributed by atoms with E-state index in [2.05, 4.69) is 5.32 Å². The van der Waals surface area contributed by atoms with E-state index in [9.17, 15) is 24.4 Å². The Morgan fingerprint density at radius 1 is 1.32 bits per heavy atom. The summed E-state index contributed by atoms with van der Waals surface area (Å²) in [6.07, 6.45) is 0.420. The van der Waals surface area contributed by atoms with E-state index in [1.54, 1.807) is 0 Å². The summed E-state index contributed by atoms with van der Waals surface area (Å²) < 4.78 is 13.5. The van der Waals surface area contributed by atoms with E-state index >= 15 is 0 Å². The van der Waals surface area contributed by atoms with E-state index in [1.807, 2.05) is 30.3 Å². The number of carbonyl (C=O) groups is 1. The molecule has 0 saturated heterocycles. The minimum atomic E-state index is -0.916. The number of aliphatic hydroxyl groups excluding tert-OH is 1. The maximum Gasteiger partial charge on any atom is 0.295 e. The number of nitrogens with zero attached hydrogens (tertiary/aromatic N) is 1. The van der Waals surface area contributed by atoms with Gasteiger partial charge in [-0.3, -0.25) is 14.9 Å². The molecule has 7 nitrogen and oxygen atoms in total. The Hall–Kier alpha value is -3.00. The molecule has 0 aliphatic carbocycles. The molecular weight excluding hydrogens is 329 g/mol. The van der Waals surface area contributed by atoms with Crippen LogP contribution in [0.5, 0.6) is 0 Å². The van der Waals surface area contributed by atoms with Crippen molar-refractivity contribution in [2.24, 2.45) is 0 Å². The Bertz CT molecular complexity index is 768. The Balaban J connectivity index is 2.17. The zero-order chi connectivity index (χ0) is 18.4. The second-order valence-electron chi connectivity index (χ2n) is 5.47. The van der Waals surface area contributed by atoms with Crippen molar-refractivity contribution in [3.8, 4) is 0 Å². The number of nitro benzene ring substituents is 1. The monoisotopic (exact) mass is 347 g/mol. The van der Waals surface area contributed by atoms with Crippen LogP contribution in [0, 0.1) is 15.9 Å². The number of nitrogens with one attached hydrogen (secondary N) is 1. The van der Waals surface area contributed by atoms with Gasteiger partial charge in [-0.2, -0.15) is 0 Å². The number of halogens is 1. The lowest BCUT2D eigenvalue weighted by molar-refractivity contribution is -0.384. The summed E-state index contributed by atoms with van der Waals surface area (Å²) in [5.74, 6) is -1.78. The lowest BCUT2D eigenvalue weighted by Crippen LogP contribution is -2.29. The lowest BCUT2D eigenvalue weighted by atomic mass is 9.96. The van der Waals surface area contributed by atoms with Crippen LogP contribution in [0.3, 0.4) is 0 Å². The first-order valence-corrected chi connectivity index (χ1v) is 7.61. The number of nitrogen functional groups attached to an aromatic ring is 1. The van der Waals surface area contributed by atoms with E-state index in [-0.39, 0.29) is 30.3 Å². The molecule has 0 saturated carbocycles. The first-order valence-electron chi connectivity index (χ1n) is 7.61. The minimum Gasteiger partial charge on any atom is -0.396 e. The summed E-state index contributed by atoms with van der Waals surface area (Å²) in [6, 6.07) is 10.8. The number of hydrogen-bond donors (Lipinski definition) is 3. The van der Waals surface area contributed by atoms with E-state index < -0.39 is 22.3 Å².